The number of piperidine rings is 1. The van der Waals surface area contributed by atoms with Crippen molar-refractivity contribution in [2.24, 2.45) is 5.92 Å². The maximum absolute atomic E-state index is 3.56. The molecule has 1 N–H and O–H groups in total. The molecule has 0 aromatic carbocycles. The van der Waals surface area contributed by atoms with E-state index in [4.69, 9.17) is 0 Å². The van der Waals surface area contributed by atoms with E-state index in [0.29, 0.717) is 0 Å². The Bertz CT molecular complexity index is 159. The molecule has 15 heavy (non-hydrogen) atoms. The van der Waals surface area contributed by atoms with E-state index in [1.165, 1.54) is 45.3 Å². The zero-order chi connectivity index (χ0) is 11.1. The largest absolute Gasteiger partial charge is 0.315 e. The predicted molar refractivity (Wildman–Crippen MR) is 67.2 cm³/mol. The molecule has 1 aliphatic heterocycles. The second kappa shape index (κ2) is 7.24. The van der Waals surface area contributed by atoms with Crippen molar-refractivity contribution in [3.8, 4) is 0 Å². The first kappa shape index (κ1) is 13.0. The van der Waals surface area contributed by atoms with Gasteiger partial charge in [-0.15, -0.1) is 0 Å². The maximum atomic E-state index is 3.56. The molecule has 0 saturated carbocycles. The van der Waals surface area contributed by atoms with Crippen LogP contribution in [0.3, 0.4) is 0 Å². The van der Waals surface area contributed by atoms with Gasteiger partial charge in [0.05, 0.1) is 0 Å². The van der Waals surface area contributed by atoms with E-state index in [1.54, 1.807) is 0 Å². The lowest BCUT2D eigenvalue weighted by molar-refractivity contribution is 0.161. The average molecular weight is 212 g/mol. The molecule has 2 nitrogen and oxygen atoms in total. The molecule has 1 rings (SSSR count). The molecule has 0 aromatic rings. The van der Waals surface area contributed by atoms with Crippen LogP contribution in [0.4, 0.5) is 0 Å². The van der Waals surface area contributed by atoms with Gasteiger partial charge in [-0.05, 0) is 38.8 Å². The van der Waals surface area contributed by atoms with Crippen LogP contribution in [0.1, 0.15) is 46.5 Å². The summed E-state index contributed by atoms with van der Waals surface area (Å²) in [5.74, 6) is 0.823. The highest BCUT2D eigenvalue weighted by Crippen LogP contribution is 2.15. The molecule has 2 heteroatoms. The predicted octanol–water partition coefficient (Wildman–Crippen LogP) is 2.50. The van der Waals surface area contributed by atoms with Gasteiger partial charge in [-0.25, -0.2) is 0 Å². The summed E-state index contributed by atoms with van der Waals surface area (Å²) in [6, 6.07) is 0.809. The van der Waals surface area contributed by atoms with E-state index >= 15 is 0 Å². The van der Waals surface area contributed by atoms with Crippen LogP contribution in [0, 0.1) is 5.92 Å². The van der Waals surface area contributed by atoms with Gasteiger partial charge in [0.15, 0.2) is 0 Å². The Balaban J connectivity index is 2.03. The van der Waals surface area contributed by atoms with Gasteiger partial charge < -0.3 is 5.32 Å². The lowest BCUT2D eigenvalue weighted by Gasteiger charge is -2.33. The molecule has 90 valence electrons. The third-order valence-corrected chi connectivity index (χ3v) is 3.71. The lowest BCUT2D eigenvalue weighted by Crippen LogP contribution is -2.41. The minimum atomic E-state index is 0.809. The number of hydrogen-bond acceptors (Lipinski definition) is 2. The number of nitrogens with zero attached hydrogens (tertiary/aromatic N) is 1. The van der Waals surface area contributed by atoms with E-state index in [9.17, 15) is 0 Å². The zero-order valence-corrected chi connectivity index (χ0v) is 10.8. The fourth-order valence-electron chi connectivity index (χ4n) is 2.21. The van der Waals surface area contributed by atoms with Crippen LogP contribution >= 0.6 is 0 Å². The molecule has 2 unspecified atom stereocenters. The number of likely N-dealkylation sites (tertiary alicyclic amines) is 1. The molecule has 0 bridgehead atoms. The van der Waals surface area contributed by atoms with Crippen molar-refractivity contribution in [3.63, 3.8) is 0 Å². The normalized spacial score (nSPS) is 25.4. The fraction of sp³-hybridized carbons (Fsp3) is 1.00. The standard InChI is InChI=1S/C13H28N2/c1-4-12(2)11-14-8-10-15-9-6-5-7-13(15)3/h12-14H,4-11H2,1-3H3. The summed E-state index contributed by atoms with van der Waals surface area (Å²) in [4.78, 5) is 2.63. The van der Waals surface area contributed by atoms with E-state index in [2.05, 4.69) is 31.0 Å². The van der Waals surface area contributed by atoms with E-state index in [0.717, 1.165) is 18.5 Å². The SMILES string of the molecule is CCC(C)CNCCN1CCCCC1C. The highest BCUT2D eigenvalue weighted by molar-refractivity contribution is 4.73. The molecule has 0 aromatic heterocycles. The molecule has 0 spiro atoms. The number of rotatable bonds is 6. The Morgan fingerprint density at radius 3 is 2.87 bits per heavy atom. The van der Waals surface area contributed by atoms with Crippen LogP contribution < -0.4 is 5.32 Å². The summed E-state index contributed by atoms with van der Waals surface area (Å²) >= 11 is 0. The minimum absolute atomic E-state index is 0.809. The van der Waals surface area contributed by atoms with Crippen LogP contribution in [0.25, 0.3) is 0 Å². The molecule has 0 amide bonds. The van der Waals surface area contributed by atoms with Gasteiger partial charge in [0, 0.05) is 19.1 Å². The summed E-state index contributed by atoms with van der Waals surface area (Å²) in [6.45, 7) is 11.8. The Labute approximate surface area is 95.4 Å². The topological polar surface area (TPSA) is 15.3 Å². The molecule has 0 radical (unpaired) electrons. The van der Waals surface area contributed by atoms with Crippen LogP contribution in [-0.2, 0) is 0 Å². The Kier molecular flexibility index (Phi) is 6.26. The zero-order valence-electron chi connectivity index (χ0n) is 10.8. The van der Waals surface area contributed by atoms with Gasteiger partial charge >= 0.3 is 0 Å². The first-order valence-corrected chi connectivity index (χ1v) is 6.68. The van der Waals surface area contributed by atoms with Crippen molar-refractivity contribution in [3.05, 3.63) is 0 Å². The van der Waals surface area contributed by atoms with Crippen molar-refractivity contribution in [1.29, 1.82) is 0 Å². The van der Waals surface area contributed by atoms with E-state index < -0.39 is 0 Å². The van der Waals surface area contributed by atoms with E-state index in [1.807, 2.05) is 0 Å². The molecule has 1 fully saturated rings. The van der Waals surface area contributed by atoms with Crippen LogP contribution in [0.15, 0.2) is 0 Å². The molecule has 0 aliphatic carbocycles. The molecular weight excluding hydrogens is 184 g/mol. The first-order chi connectivity index (χ1) is 7.24. The summed E-state index contributed by atoms with van der Waals surface area (Å²) in [5.41, 5.74) is 0. The van der Waals surface area contributed by atoms with Crippen LogP contribution in [-0.4, -0.2) is 37.1 Å². The number of hydrogen-bond donors (Lipinski definition) is 1. The summed E-state index contributed by atoms with van der Waals surface area (Å²) < 4.78 is 0. The second-order valence-corrected chi connectivity index (χ2v) is 5.10. The molecule has 1 aliphatic rings. The smallest absolute Gasteiger partial charge is 0.0110 e. The molecule has 2 atom stereocenters. The highest BCUT2D eigenvalue weighted by Gasteiger charge is 2.16. The summed E-state index contributed by atoms with van der Waals surface area (Å²) in [5, 5.41) is 3.56. The van der Waals surface area contributed by atoms with Gasteiger partial charge in [0.25, 0.3) is 0 Å². The van der Waals surface area contributed by atoms with E-state index in [-0.39, 0.29) is 0 Å². The van der Waals surface area contributed by atoms with Crippen molar-refractivity contribution >= 4 is 0 Å². The van der Waals surface area contributed by atoms with Gasteiger partial charge in [-0.1, -0.05) is 26.7 Å². The van der Waals surface area contributed by atoms with Crippen molar-refractivity contribution in [2.75, 3.05) is 26.2 Å². The third-order valence-electron chi connectivity index (χ3n) is 3.71. The van der Waals surface area contributed by atoms with Gasteiger partial charge in [-0.3, -0.25) is 4.90 Å². The van der Waals surface area contributed by atoms with Crippen molar-refractivity contribution in [1.82, 2.24) is 10.2 Å². The second-order valence-electron chi connectivity index (χ2n) is 5.10. The average Bonchev–Trinajstić information content (AvgIpc) is 2.26. The first-order valence-electron chi connectivity index (χ1n) is 6.68. The molecule has 1 saturated heterocycles. The minimum Gasteiger partial charge on any atom is -0.315 e. The Morgan fingerprint density at radius 2 is 2.20 bits per heavy atom. The highest BCUT2D eigenvalue weighted by atomic mass is 15.2. The Hall–Kier alpha value is -0.0800. The van der Waals surface area contributed by atoms with Crippen molar-refractivity contribution in [2.45, 2.75) is 52.5 Å². The fourth-order valence-corrected chi connectivity index (χ4v) is 2.21. The van der Waals surface area contributed by atoms with Gasteiger partial charge in [0.2, 0.25) is 0 Å². The Morgan fingerprint density at radius 1 is 1.40 bits per heavy atom. The maximum Gasteiger partial charge on any atom is 0.0110 e. The lowest BCUT2D eigenvalue weighted by atomic mass is 10.0. The van der Waals surface area contributed by atoms with Crippen molar-refractivity contribution < 1.29 is 0 Å². The van der Waals surface area contributed by atoms with Crippen LogP contribution in [0.5, 0.6) is 0 Å². The third kappa shape index (κ3) is 4.98. The molecule has 1 heterocycles. The number of nitrogens with one attached hydrogen (secondary N) is 1. The van der Waals surface area contributed by atoms with Crippen LogP contribution in [0.2, 0.25) is 0 Å². The summed E-state index contributed by atoms with van der Waals surface area (Å²) in [7, 11) is 0. The quantitative estimate of drug-likeness (QED) is 0.681. The van der Waals surface area contributed by atoms with Gasteiger partial charge in [-0.2, -0.15) is 0 Å². The monoisotopic (exact) mass is 212 g/mol. The van der Waals surface area contributed by atoms with Gasteiger partial charge in [0.1, 0.15) is 0 Å². The molecular formula is C13H28N2. The summed E-state index contributed by atoms with van der Waals surface area (Å²) in [6.07, 6.45) is 5.51.